The number of aliphatic carboxylic acids is 1. The molecule has 4 heteroatoms. The average molecular weight is 202 g/mol. The van der Waals surface area contributed by atoms with Crippen molar-refractivity contribution in [2.45, 2.75) is 32.8 Å². The molecule has 82 valence electrons. The monoisotopic (exact) mass is 202 g/mol. The van der Waals surface area contributed by atoms with E-state index in [1.54, 1.807) is 6.92 Å². The second-order valence-corrected chi connectivity index (χ2v) is 4.34. The predicted molar refractivity (Wildman–Crippen MR) is 51.0 cm³/mol. The van der Waals surface area contributed by atoms with Gasteiger partial charge in [-0.25, -0.2) is 0 Å². The molecular weight excluding hydrogens is 184 g/mol. The lowest BCUT2D eigenvalue weighted by Gasteiger charge is -2.39. The summed E-state index contributed by atoms with van der Waals surface area (Å²) < 4.78 is 5.20. The van der Waals surface area contributed by atoms with Gasteiger partial charge in [-0.1, -0.05) is 6.92 Å². The van der Waals surface area contributed by atoms with Crippen LogP contribution in [0.4, 0.5) is 0 Å². The molecule has 0 aromatic rings. The molecule has 1 fully saturated rings. The van der Waals surface area contributed by atoms with Crippen molar-refractivity contribution in [1.29, 1.82) is 0 Å². The summed E-state index contributed by atoms with van der Waals surface area (Å²) in [5.74, 6) is -1.65. The van der Waals surface area contributed by atoms with Gasteiger partial charge < -0.3 is 14.9 Å². The Kier molecular flexibility index (Phi) is 3.50. The number of carboxylic acid groups (broad SMARTS) is 1. The van der Waals surface area contributed by atoms with E-state index in [9.17, 15) is 9.90 Å². The minimum absolute atomic E-state index is 0.309. The smallest absolute Gasteiger partial charge is 0.308 e. The van der Waals surface area contributed by atoms with Crippen molar-refractivity contribution in [3.8, 4) is 0 Å². The van der Waals surface area contributed by atoms with E-state index >= 15 is 0 Å². The highest BCUT2D eigenvalue weighted by Crippen LogP contribution is 2.36. The van der Waals surface area contributed by atoms with Gasteiger partial charge in [0, 0.05) is 13.2 Å². The molecule has 4 nitrogen and oxygen atoms in total. The van der Waals surface area contributed by atoms with E-state index in [0.717, 1.165) is 12.8 Å². The summed E-state index contributed by atoms with van der Waals surface area (Å²) in [6.45, 7) is 4.70. The summed E-state index contributed by atoms with van der Waals surface area (Å²) in [6, 6.07) is 0. The standard InChI is InChI=1S/C10H18O4/c1-7(9(12)13)8(11)10(2)3-5-14-6-4-10/h7-8,11H,3-6H2,1-2H3,(H,12,13). The van der Waals surface area contributed by atoms with Crippen LogP contribution in [0.2, 0.25) is 0 Å². The second kappa shape index (κ2) is 4.28. The fraction of sp³-hybridized carbons (Fsp3) is 0.900. The number of aliphatic hydroxyl groups excluding tert-OH is 1. The molecule has 2 unspecified atom stereocenters. The van der Waals surface area contributed by atoms with E-state index < -0.39 is 18.0 Å². The van der Waals surface area contributed by atoms with Crippen LogP contribution in [0.1, 0.15) is 26.7 Å². The maximum Gasteiger partial charge on any atom is 0.308 e. The third kappa shape index (κ3) is 2.25. The third-order valence-corrected chi connectivity index (χ3v) is 3.21. The first-order valence-corrected chi connectivity index (χ1v) is 4.96. The highest BCUT2D eigenvalue weighted by Gasteiger charge is 2.40. The Hall–Kier alpha value is -0.610. The normalized spacial score (nSPS) is 25.4. The lowest BCUT2D eigenvalue weighted by atomic mass is 9.73. The molecule has 0 amide bonds. The van der Waals surface area contributed by atoms with Crippen molar-refractivity contribution in [3.63, 3.8) is 0 Å². The molecule has 0 saturated carbocycles. The van der Waals surface area contributed by atoms with Crippen LogP contribution in [0.5, 0.6) is 0 Å². The van der Waals surface area contributed by atoms with Crippen LogP contribution in [0.3, 0.4) is 0 Å². The Labute approximate surface area is 83.9 Å². The van der Waals surface area contributed by atoms with Crippen molar-refractivity contribution in [2.75, 3.05) is 13.2 Å². The number of hydrogen-bond acceptors (Lipinski definition) is 3. The molecule has 0 aliphatic carbocycles. The maximum absolute atomic E-state index is 10.7. The summed E-state index contributed by atoms with van der Waals surface area (Å²) in [4.78, 5) is 10.7. The average Bonchev–Trinajstić information content (AvgIpc) is 2.16. The van der Waals surface area contributed by atoms with Crippen molar-refractivity contribution in [2.24, 2.45) is 11.3 Å². The molecule has 1 aliphatic heterocycles. The number of carbonyl (C=O) groups is 1. The summed E-state index contributed by atoms with van der Waals surface area (Å²) in [7, 11) is 0. The van der Waals surface area contributed by atoms with Gasteiger partial charge in [0.05, 0.1) is 12.0 Å². The molecule has 1 saturated heterocycles. The highest BCUT2D eigenvalue weighted by molar-refractivity contribution is 5.70. The van der Waals surface area contributed by atoms with E-state index in [1.807, 2.05) is 6.92 Å². The van der Waals surface area contributed by atoms with E-state index in [-0.39, 0.29) is 5.41 Å². The van der Waals surface area contributed by atoms with Crippen LogP contribution >= 0.6 is 0 Å². The van der Waals surface area contributed by atoms with Crippen molar-refractivity contribution in [3.05, 3.63) is 0 Å². The van der Waals surface area contributed by atoms with Crippen LogP contribution in [0, 0.1) is 11.3 Å². The quantitative estimate of drug-likeness (QED) is 0.713. The Balaban J connectivity index is 2.65. The lowest BCUT2D eigenvalue weighted by molar-refractivity contribution is -0.151. The van der Waals surface area contributed by atoms with Crippen LogP contribution in [0.15, 0.2) is 0 Å². The zero-order chi connectivity index (χ0) is 10.8. The molecule has 0 spiro atoms. The zero-order valence-electron chi connectivity index (χ0n) is 8.69. The topological polar surface area (TPSA) is 66.8 Å². The van der Waals surface area contributed by atoms with Gasteiger partial charge in [0.15, 0.2) is 0 Å². The van der Waals surface area contributed by atoms with Crippen molar-refractivity contribution in [1.82, 2.24) is 0 Å². The number of rotatable bonds is 3. The molecule has 1 aliphatic rings. The molecule has 0 bridgehead atoms. The highest BCUT2D eigenvalue weighted by atomic mass is 16.5. The Morgan fingerprint density at radius 3 is 2.36 bits per heavy atom. The Morgan fingerprint density at radius 1 is 1.43 bits per heavy atom. The lowest BCUT2D eigenvalue weighted by Crippen LogP contribution is -2.43. The summed E-state index contributed by atoms with van der Waals surface area (Å²) >= 11 is 0. The maximum atomic E-state index is 10.7. The minimum atomic E-state index is -0.940. The molecule has 2 N–H and O–H groups in total. The van der Waals surface area contributed by atoms with Crippen molar-refractivity contribution >= 4 is 5.97 Å². The molecular formula is C10H18O4. The van der Waals surface area contributed by atoms with Crippen molar-refractivity contribution < 1.29 is 19.7 Å². The molecule has 0 radical (unpaired) electrons. The number of hydrogen-bond donors (Lipinski definition) is 2. The largest absolute Gasteiger partial charge is 0.481 e. The molecule has 14 heavy (non-hydrogen) atoms. The number of carboxylic acids is 1. The Bertz CT molecular complexity index is 208. The van der Waals surface area contributed by atoms with Gasteiger partial charge >= 0.3 is 5.97 Å². The van der Waals surface area contributed by atoms with E-state index in [4.69, 9.17) is 9.84 Å². The van der Waals surface area contributed by atoms with Gasteiger partial charge in [-0.2, -0.15) is 0 Å². The fourth-order valence-electron chi connectivity index (χ4n) is 1.87. The van der Waals surface area contributed by atoms with Crippen LogP contribution in [0.25, 0.3) is 0 Å². The van der Waals surface area contributed by atoms with Crippen LogP contribution < -0.4 is 0 Å². The molecule has 1 rings (SSSR count). The van der Waals surface area contributed by atoms with Gasteiger partial charge in [-0.05, 0) is 25.2 Å². The SMILES string of the molecule is CC(C(=O)O)C(O)C1(C)CCOCC1. The molecule has 2 atom stereocenters. The van der Waals surface area contributed by atoms with Gasteiger partial charge in [0.25, 0.3) is 0 Å². The molecule has 1 heterocycles. The second-order valence-electron chi connectivity index (χ2n) is 4.34. The summed E-state index contributed by atoms with van der Waals surface area (Å²) in [5.41, 5.74) is -0.309. The summed E-state index contributed by atoms with van der Waals surface area (Å²) in [5, 5.41) is 18.7. The summed E-state index contributed by atoms with van der Waals surface area (Å²) in [6.07, 6.45) is 0.668. The fourth-order valence-corrected chi connectivity index (χ4v) is 1.87. The minimum Gasteiger partial charge on any atom is -0.481 e. The third-order valence-electron chi connectivity index (χ3n) is 3.21. The molecule has 0 aromatic carbocycles. The van der Waals surface area contributed by atoms with Gasteiger partial charge in [0.2, 0.25) is 0 Å². The van der Waals surface area contributed by atoms with Crippen LogP contribution in [-0.4, -0.2) is 35.5 Å². The first-order chi connectivity index (χ1) is 6.47. The Morgan fingerprint density at radius 2 is 1.93 bits per heavy atom. The van der Waals surface area contributed by atoms with E-state index in [2.05, 4.69) is 0 Å². The van der Waals surface area contributed by atoms with Gasteiger partial charge in [0.1, 0.15) is 0 Å². The predicted octanol–water partition coefficient (Wildman–Crippen LogP) is 0.885. The first-order valence-electron chi connectivity index (χ1n) is 4.96. The first kappa shape index (κ1) is 11.5. The van der Waals surface area contributed by atoms with Crippen LogP contribution in [-0.2, 0) is 9.53 Å². The number of aliphatic hydroxyl groups is 1. The zero-order valence-corrected chi connectivity index (χ0v) is 8.69. The molecule has 0 aromatic heterocycles. The van der Waals surface area contributed by atoms with Gasteiger partial charge in [-0.15, -0.1) is 0 Å². The van der Waals surface area contributed by atoms with E-state index in [0.29, 0.717) is 13.2 Å². The van der Waals surface area contributed by atoms with Gasteiger partial charge in [-0.3, -0.25) is 4.79 Å². The number of ether oxygens (including phenoxy) is 1. The van der Waals surface area contributed by atoms with E-state index in [1.165, 1.54) is 0 Å².